The van der Waals surface area contributed by atoms with Crippen LogP contribution in [0.15, 0.2) is 47.0 Å². The van der Waals surface area contributed by atoms with Crippen LogP contribution in [-0.4, -0.2) is 20.1 Å². The maximum absolute atomic E-state index is 5.99. The summed E-state index contributed by atoms with van der Waals surface area (Å²) >= 11 is 5.99. The van der Waals surface area contributed by atoms with Gasteiger partial charge in [0.1, 0.15) is 10.8 Å². The zero-order valence-electron chi connectivity index (χ0n) is 13.1. The van der Waals surface area contributed by atoms with E-state index in [9.17, 15) is 0 Å². The molecule has 0 saturated heterocycles. The van der Waals surface area contributed by atoms with E-state index in [2.05, 4.69) is 33.1 Å². The smallest absolute Gasteiger partial charge is 0.258 e. The number of hydrogen-bond donors (Lipinski definition) is 0. The Labute approximate surface area is 143 Å². The average Bonchev–Trinajstić information content (AvgIpc) is 3.03. The normalized spacial score (nSPS) is 11.1. The molecule has 24 heavy (non-hydrogen) atoms. The van der Waals surface area contributed by atoms with E-state index in [4.69, 9.17) is 16.1 Å². The molecule has 0 spiro atoms. The molecule has 1 aromatic carbocycles. The molecule has 6 heteroatoms. The molecule has 0 radical (unpaired) electrons. The van der Waals surface area contributed by atoms with Crippen molar-refractivity contribution in [3.05, 3.63) is 58.9 Å². The number of aryl methyl sites for hydroxylation is 2. The van der Waals surface area contributed by atoms with Crippen LogP contribution in [0.2, 0.25) is 5.15 Å². The highest BCUT2D eigenvalue weighted by molar-refractivity contribution is 6.29. The van der Waals surface area contributed by atoms with E-state index in [1.165, 1.54) is 5.56 Å². The van der Waals surface area contributed by atoms with Crippen molar-refractivity contribution in [2.45, 2.75) is 13.8 Å². The Morgan fingerprint density at radius 2 is 1.79 bits per heavy atom. The van der Waals surface area contributed by atoms with Gasteiger partial charge < -0.3 is 4.52 Å². The topological polar surface area (TPSA) is 64.7 Å². The fourth-order valence-corrected chi connectivity index (χ4v) is 2.82. The van der Waals surface area contributed by atoms with Crippen molar-refractivity contribution in [3.8, 4) is 23.0 Å². The minimum absolute atomic E-state index is 0.392. The molecule has 0 bridgehead atoms. The second-order valence-electron chi connectivity index (χ2n) is 5.64. The highest BCUT2D eigenvalue weighted by Gasteiger charge is 2.13. The number of pyridine rings is 2. The van der Waals surface area contributed by atoms with Gasteiger partial charge >= 0.3 is 0 Å². The molecule has 0 aliphatic rings. The molecule has 4 aromatic rings. The Bertz CT molecular complexity index is 1040. The Kier molecular flexibility index (Phi) is 3.50. The molecule has 0 fully saturated rings. The first kappa shape index (κ1) is 14.8. The molecule has 0 atom stereocenters. The Morgan fingerprint density at radius 3 is 2.62 bits per heavy atom. The number of fused-ring (bicyclic) bond motifs is 1. The van der Waals surface area contributed by atoms with Gasteiger partial charge in [-0.1, -0.05) is 34.5 Å². The van der Waals surface area contributed by atoms with Crippen LogP contribution in [-0.2, 0) is 0 Å². The highest BCUT2D eigenvalue weighted by atomic mass is 35.5. The Balaban J connectivity index is 1.75. The van der Waals surface area contributed by atoms with Crippen LogP contribution in [0.4, 0.5) is 0 Å². The molecule has 0 amide bonds. The van der Waals surface area contributed by atoms with E-state index in [-0.39, 0.29) is 0 Å². The largest absolute Gasteiger partial charge is 0.334 e. The van der Waals surface area contributed by atoms with Gasteiger partial charge in [0.05, 0.1) is 5.52 Å². The van der Waals surface area contributed by atoms with E-state index < -0.39 is 0 Å². The van der Waals surface area contributed by atoms with Gasteiger partial charge in [0.2, 0.25) is 5.82 Å². The number of aromatic nitrogens is 4. The zero-order valence-corrected chi connectivity index (χ0v) is 13.9. The van der Waals surface area contributed by atoms with Gasteiger partial charge in [0.15, 0.2) is 0 Å². The summed E-state index contributed by atoms with van der Waals surface area (Å²) in [4.78, 5) is 13.2. The fourth-order valence-electron chi connectivity index (χ4n) is 2.57. The predicted molar refractivity (Wildman–Crippen MR) is 92.8 cm³/mol. The maximum atomic E-state index is 5.99. The number of rotatable bonds is 2. The van der Waals surface area contributed by atoms with Gasteiger partial charge in [0.25, 0.3) is 5.89 Å². The summed E-state index contributed by atoms with van der Waals surface area (Å²) in [5, 5.41) is 5.51. The van der Waals surface area contributed by atoms with Crippen molar-refractivity contribution in [1.82, 2.24) is 20.1 Å². The fraction of sp³-hybridized carbons (Fsp3) is 0.111. The molecule has 0 N–H and O–H groups in total. The van der Waals surface area contributed by atoms with Gasteiger partial charge in [-0.15, -0.1) is 0 Å². The first-order valence-electron chi connectivity index (χ1n) is 7.44. The third-order valence-electron chi connectivity index (χ3n) is 3.67. The second-order valence-corrected chi connectivity index (χ2v) is 6.02. The van der Waals surface area contributed by atoms with Gasteiger partial charge in [-0.25, -0.2) is 9.97 Å². The van der Waals surface area contributed by atoms with Gasteiger partial charge in [-0.3, -0.25) is 0 Å². The van der Waals surface area contributed by atoms with Crippen LogP contribution >= 0.6 is 11.6 Å². The van der Waals surface area contributed by atoms with E-state index in [0.29, 0.717) is 22.6 Å². The monoisotopic (exact) mass is 336 g/mol. The number of halogens is 1. The Morgan fingerprint density at radius 1 is 0.917 bits per heavy atom. The standard InChI is InChI=1S/C18H13ClN4O/c1-10-3-5-14-12(7-10)4-6-15(21-14)17-22-18(24-23-17)13-8-11(2)20-16(19)9-13/h3-9H,1-2H3. The van der Waals surface area contributed by atoms with Gasteiger partial charge in [-0.05, 0) is 44.2 Å². The summed E-state index contributed by atoms with van der Waals surface area (Å²) in [6.45, 7) is 3.92. The first-order valence-corrected chi connectivity index (χ1v) is 7.82. The van der Waals surface area contributed by atoms with Gasteiger partial charge in [0, 0.05) is 16.6 Å². The molecule has 5 nitrogen and oxygen atoms in total. The highest BCUT2D eigenvalue weighted by Crippen LogP contribution is 2.25. The van der Waals surface area contributed by atoms with E-state index in [1.807, 2.05) is 37.3 Å². The zero-order chi connectivity index (χ0) is 16.7. The van der Waals surface area contributed by atoms with Crippen LogP contribution in [0.3, 0.4) is 0 Å². The van der Waals surface area contributed by atoms with Crippen molar-refractivity contribution >= 4 is 22.5 Å². The molecule has 0 unspecified atom stereocenters. The summed E-state index contributed by atoms with van der Waals surface area (Å²) in [6, 6.07) is 13.6. The summed E-state index contributed by atoms with van der Waals surface area (Å²) in [7, 11) is 0. The van der Waals surface area contributed by atoms with Crippen LogP contribution in [0.5, 0.6) is 0 Å². The van der Waals surface area contributed by atoms with Crippen LogP contribution in [0.25, 0.3) is 33.9 Å². The molecule has 3 heterocycles. The molecule has 3 aromatic heterocycles. The number of nitrogens with zero attached hydrogens (tertiary/aromatic N) is 4. The summed E-state index contributed by atoms with van der Waals surface area (Å²) in [5.74, 6) is 0.835. The van der Waals surface area contributed by atoms with Crippen LogP contribution in [0, 0.1) is 13.8 Å². The molecule has 0 aliphatic heterocycles. The van der Waals surface area contributed by atoms with E-state index >= 15 is 0 Å². The third kappa shape index (κ3) is 2.74. The summed E-state index contributed by atoms with van der Waals surface area (Å²) < 4.78 is 5.36. The molecule has 4 rings (SSSR count). The molecular formula is C18H13ClN4O. The summed E-state index contributed by atoms with van der Waals surface area (Å²) in [6.07, 6.45) is 0. The third-order valence-corrected chi connectivity index (χ3v) is 3.86. The van der Waals surface area contributed by atoms with Crippen LogP contribution in [0.1, 0.15) is 11.3 Å². The minimum Gasteiger partial charge on any atom is -0.334 e. The van der Waals surface area contributed by atoms with Crippen molar-refractivity contribution < 1.29 is 4.52 Å². The maximum Gasteiger partial charge on any atom is 0.258 e. The van der Waals surface area contributed by atoms with E-state index in [1.54, 1.807) is 6.07 Å². The van der Waals surface area contributed by atoms with Crippen molar-refractivity contribution in [2.24, 2.45) is 0 Å². The number of benzene rings is 1. The lowest BCUT2D eigenvalue weighted by Gasteiger charge is -2.00. The van der Waals surface area contributed by atoms with Crippen LogP contribution < -0.4 is 0 Å². The lowest BCUT2D eigenvalue weighted by Crippen LogP contribution is -1.88. The molecule has 0 aliphatic carbocycles. The SMILES string of the molecule is Cc1ccc2nc(-c3noc(-c4cc(C)nc(Cl)c4)n3)ccc2c1. The van der Waals surface area contributed by atoms with Crippen molar-refractivity contribution in [1.29, 1.82) is 0 Å². The molecule has 118 valence electrons. The van der Waals surface area contributed by atoms with Crippen molar-refractivity contribution in [3.63, 3.8) is 0 Å². The quantitative estimate of drug-likeness (QED) is 0.500. The van der Waals surface area contributed by atoms with Crippen molar-refractivity contribution in [2.75, 3.05) is 0 Å². The van der Waals surface area contributed by atoms with Gasteiger partial charge in [-0.2, -0.15) is 4.98 Å². The predicted octanol–water partition coefficient (Wildman–Crippen LogP) is 4.62. The Hall–Kier alpha value is -2.79. The lowest BCUT2D eigenvalue weighted by atomic mass is 10.1. The molecule has 0 saturated carbocycles. The number of hydrogen-bond acceptors (Lipinski definition) is 5. The summed E-state index contributed by atoms with van der Waals surface area (Å²) in [5.41, 5.74) is 4.29. The molecular weight excluding hydrogens is 324 g/mol. The lowest BCUT2D eigenvalue weighted by molar-refractivity contribution is 0.432. The second kappa shape index (κ2) is 5.69. The van der Waals surface area contributed by atoms with E-state index in [0.717, 1.165) is 22.2 Å². The first-order chi connectivity index (χ1) is 11.6. The minimum atomic E-state index is 0.392. The average molecular weight is 337 g/mol.